The predicted molar refractivity (Wildman–Crippen MR) is 81.7 cm³/mol. The summed E-state index contributed by atoms with van der Waals surface area (Å²) in [5.41, 5.74) is 0. The molecule has 0 aliphatic carbocycles. The summed E-state index contributed by atoms with van der Waals surface area (Å²) >= 11 is 1.85. The van der Waals surface area contributed by atoms with Gasteiger partial charge in [0.15, 0.2) is 0 Å². The quantitative estimate of drug-likeness (QED) is 0.832. The minimum atomic E-state index is 0.619. The maximum Gasteiger partial charge on any atom is 0.0521 e. The molecule has 19 heavy (non-hydrogen) atoms. The van der Waals surface area contributed by atoms with Crippen LogP contribution in [0.15, 0.2) is 17.5 Å². The van der Waals surface area contributed by atoms with E-state index in [2.05, 4.69) is 41.6 Å². The number of hydrogen-bond acceptors (Lipinski definition) is 4. The fourth-order valence-corrected chi connectivity index (χ4v) is 3.51. The highest BCUT2D eigenvalue weighted by Crippen LogP contribution is 2.18. The topological polar surface area (TPSA) is 24.5 Å². The van der Waals surface area contributed by atoms with E-state index in [0.717, 1.165) is 45.8 Å². The van der Waals surface area contributed by atoms with E-state index < -0.39 is 0 Å². The van der Waals surface area contributed by atoms with Gasteiger partial charge in [0.2, 0.25) is 0 Å². The first-order chi connectivity index (χ1) is 9.33. The number of nitrogens with one attached hydrogen (secondary N) is 1. The van der Waals surface area contributed by atoms with Crippen LogP contribution in [0.1, 0.15) is 25.1 Å². The Morgan fingerprint density at radius 2 is 2.37 bits per heavy atom. The molecule has 0 radical (unpaired) electrons. The fraction of sp³-hybridized carbons (Fsp3) is 0.733. The van der Waals surface area contributed by atoms with Crippen molar-refractivity contribution in [2.45, 2.75) is 32.9 Å². The molecule has 1 aliphatic heterocycles. The van der Waals surface area contributed by atoms with Gasteiger partial charge in [0, 0.05) is 36.5 Å². The lowest BCUT2D eigenvalue weighted by Gasteiger charge is -2.35. The molecular formula is C15H26N2OS. The van der Waals surface area contributed by atoms with Crippen LogP contribution in [0.3, 0.4) is 0 Å². The summed E-state index contributed by atoms with van der Waals surface area (Å²) in [6.45, 7) is 10.6. The van der Waals surface area contributed by atoms with Crippen molar-refractivity contribution in [1.29, 1.82) is 0 Å². The number of ether oxygens (including phenoxy) is 1. The van der Waals surface area contributed by atoms with Gasteiger partial charge in [0.05, 0.1) is 6.61 Å². The first kappa shape index (κ1) is 15.0. The third-order valence-corrected chi connectivity index (χ3v) is 4.70. The molecule has 0 spiro atoms. The SMILES string of the molecule is CCNC1CCOCC1CN(CC)Cc1cccs1. The van der Waals surface area contributed by atoms with Gasteiger partial charge in [-0.3, -0.25) is 4.90 Å². The average Bonchev–Trinajstić information content (AvgIpc) is 2.93. The van der Waals surface area contributed by atoms with Crippen LogP contribution in [0.4, 0.5) is 0 Å². The summed E-state index contributed by atoms with van der Waals surface area (Å²) in [7, 11) is 0. The van der Waals surface area contributed by atoms with Gasteiger partial charge in [-0.2, -0.15) is 0 Å². The summed E-state index contributed by atoms with van der Waals surface area (Å²) in [4.78, 5) is 3.99. The van der Waals surface area contributed by atoms with Crippen molar-refractivity contribution in [3.05, 3.63) is 22.4 Å². The normalized spacial score (nSPS) is 23.9. The number of nitrogens with zero attached hydrogens (tertiary/aromatic N) is 1. The minimum absolute atomic E-state index is 0.619. The molecule has 3 nitrogen and oxygen atoms in total. The first-order valence-electron chi connectivity index (χ1n) is 7.39. The molecule has 1 aromatic heterocycles. The molecular weight excluding hydrogens is 256 g/mol. The van der Waals surface area contributed by atoms with Gasteiger partial charge in [-0.15, -0.1) is 11.3 Å². The van der Waals surface area contributed by atoms with E-state index >= 15 is 0 Å². The molecule has 2 rings (SSSR count). The van der Waals surface area contributed by atoms with E-state index in [9.17, 15) is 0 Å². The van der Waals surface area contributed by atoms with Gasteiger partial charge < -0.3 is 10.1 Å². The second-order valence-corrected chi connectivity index (χ2v) is 6.23. The van der Waals surface area contributed by atoms with Gasteiger partial charge in [0.1, 0.15) is 0 Å². The van der Waals surface area contributed by atoms with Crippen molar-refractivity contribution in [2.24, 2.45) is 5.92 Å². The smallest absolute Gasteiger partial charge is 0.0521 e. The van der Waals surface area contributed by atoms with Crippen molar-refractivity contribution < 1.29 is 4.74 Å². The Labute approximate surface area is 121 Å². The molecule has 1 N–H and O–H groups in total. The third kappa shape index (κ3) is 4.56. The van der Waals surface area contributed by atoms with Gasteiger partial charge in [-0.05, 0) is 31.0 Å². The predicted octanol–water partition coefficient (Wildman–Crippen LogP) is 2.58. The molecule has 2 unspecified atom stereocenters. The Balaban J connectivity index is 1.88. The van der Waals surface area contributed by atoms with Crippen LogP contribution < -0.4 is 5.32 Å². The van der Waals surface area contributed by atoms with Crippen molar-refractivity contribution in [3.8, 4) is 0 Å². The molecule has 0 amide bonds. The second kappa shape index (κ2) is 8.00. The van der Waals surface area contributed by atoms with Crippen molar-refractivity contribution in [3.63, 3.8) is 0 Å². The van der Waals surface area contributed by atoms with E-state index in [-0.39, 0.29) is 0 Å². The summed E-state index contributed by atoms with van der Waals surface area (Å²) in [6, 6.07) is 4.99. The van der Waals surface area contributed by atoms with Crippen LogP contribution in [0.5, 0.6) is 0 Å². The molecule has 1 aliphatic rings. The fourth-order valence-electron chi connectivity index (χ4n) is 2.77. The Kier molecular flexibility index (Phi) is 6.31. The summed E-state index contributed by atoms with van der Waals surface area (Å²) in [5, 5.41) is 5.78. The first-order valence-corrected chi connectivity index (χ1v) is 8.27. The molecule has 1 aromatic rings. The molecule has 2 atom stereocenters. The molecule has 0 aromatic carbocycles. The van der Waals surface area contributed by atoms with Crippen LogP contribution in [0.2, 0.25) is 0 Å². The highest BCUT2D eigenvalue weighted by Gasteiger charge is 2.26. The van der Waals surface area contributed by atoms with Crippen LogP contribution >= 0.6 is 11.3 Å². The summed E-state index contributed by atoms with van der Waals surface area (Å²) in [6.07, 6.45) is 1.15. The zero-order valence-electron chi connectivity index (χ0n) is 12.1. The molecule has 2 heterocycles. The largest absolute Gasteiger partial charge is 0.381 e. The third-order valence-electron chi connectivity index (χ3n) is 3.84. The summed E-state index contributed by atoms with van der Waals surface area (Å²) < 4.78 is 5.68. The van der Waals surface area contributed by atoms with Gasteiger partial charge in [-0.1, -0.05) is 19.9 Å². The van der Waals surface area contributed by atoms with Crippen molar-refractivity contribution >= 4 is 11.3 Å². The minimum Gasteiger partial charge on any atom is -0.381 e. The Morgan fingerprint density at radius 1 is 1.47 bits per heavy atom. The molecule has 108 valence electrons. The van der Waals surface area contributed by atoms with Crippen LogP contribution in [0, 0.1) is 5.92 Å². The maximum absolute atomic E-state index is 5.68. The molecule has 1 saturated heterocycles. The van der Waals surface area contributed by atoms with E-state index in [0.29, 0.717) is 12.0 Å². The van der Waals surface area contributed by atoms with Crippen LogP contribution in [0.25, 0.3) is 0 Å². The standard InChI is InChI=1S/C15H26N2OS/c1-3-16-15-7-8-18-12-13(15)10-17(4-2)11-14-6-5-9-19-14/h5-6,9,13,15-16H,3-4,7-8,10-12H2,1-2H3. The molecule has 4 heteroatoms. The van der Waals surface area contributed by atoms with Gasteiger partial charge >= 0.3 is 0 Å². The number of thiophene rings is 1. The van der Waals surface area contributed by atoms with Crippen LogP contribution in [-0.2, 0) is 11.3 Å². The lowest BCUT2D eigenvalue weighted by Crippen LogP contribution is -2.47. The number of hydrogen-bond donors (Lipinski definition) is 1. The van der Waals surface area contributed by atoms with Crippen molar-refractivity contribution in [2.75, 3.05) is 32.8 Å². The van der Waals surface area contributed by atoms with E-state index in [1.165, 1.54) is 4.88 Å². The maximum atomic E-state index is 5.68. The molecule has 0 bridgehead atoms. The highest BCUT2D eigenvalue weighted by atomic mass is 32.1. The van der Waals surface area contributed by atoms with E-state index in [1.807, 2.05) is 11.3 Å². The Morgan fingerprint density at radius 3 is 3.05 bits per heavy atom. The lowest BCUT2D eigenvalue weighted by molar-refractivity contribution is 0.0166. The molecule has 0 saturated carbocycles. The van der Waals surface area contributed by atoms with Gasteiger partial charge in [-0.25, -0.2) is 0 Å². The van der Waals surface area contributed by atoms with E-state index in [4.69, 9.17) is 4.74 Å². The lowest BCUT2D eigenvalue weighted by atomic mass is 9.95. The van der Waals surface area contributed by atoms with Gasteiger partial charge in [0.25, 0.3) is 0 Å². The van der Waals surface area contributed by atoms with Crippen LogP contribution in [-0.4, -0.2) is 43.8 Å². The highest BCUT2D eigenvalue weighted by molar-refractivity contribution is 7.09. The van der Waals surface area contributed by atoms with E-state index in [1.54, 1.807) is 0 Å². The Hall–Kier alpha value is -0.420. The number of rotatable bonds is 7. The van der Waals surface area contributed by atoms with Crippen molar-refractivity contribution in [1.82, 2.24) is 10.2 Å². The average molecular weight is 282 g/mol. The zero-order valence-corrected chi connectivity index (χ0v) is 12.9. The zero-order chi connectivity index (χ0) is 13.5. The second-order valence-electron chi connectivity index (χ2n) is 5.19. The monoisotopic (exact) mass is 282 g/mol. The Bertz CT molecular complexity index is 340. The molecule has 1 fully saturated rings. The summed E-state index contributed by atoms with van der Waals surface area (Å²) in [5.74, 6) is 0.619.